The van der Waals surface area contributed by atoms with E-state index in [1.165, 1.54) is 19.3 Å². The number of rotatable bonds is 9. The smallest absolute Gasteiger partial charge is 0.311 e. The highest BCUT2D eigenvalue weighted by Crippen LogP contribution is 2.21. The Balaban J connectivity index is 2.44. The summed E-state index contributed by atoms with van der Waals surface area (Å²) in [5, 5.41) is 9.17. The van der Waals surface area contributed by atoms with Crippen LogP contribution in [0.25, 0.3) is 0 Å². The van der Waals surface area contributed by atoms with Gasteiger partial charge in [-0.15, -0.1) is 0 Å². The van der Waals surface area contributed by atoms with E-state index in [0.29, 0.717) is 19.6 Å². The zero-order valence-corrected chi connectivity index (χ0v) is 12.6. The molecule has 116 valence electrons. The first kappa shape index (κ1) is 17.0. The predicted octanol–water partition coefficient (Wildman–Crippen LogP) is 2.29. The second-order valence-corrected chi connectivity index (χ2v) is 5.39. The van der Waals surface area contributed by atoms with Crippen LogP contribution >= 0.6 is 0 Å². The lowest BCUT2D eigenvalue weighted by Gasteiger charge is -2.29. The van der Waals surface area contributed by atoms with Crippen molar-refractivity contribution in [1.82, 2.24) is 4.90 Å². The zero-order chi connectivity index (χ0) is 15.0. The van der Waals surface area contributed by atoms with E-state index in [0.717, 1.165) is 12.8 Å². The molecule has 0 aromatic rings. The Morgan fingerprint density at radius 2 is 1.85 bits per heavy atom. The number of carboxylic acids is 1. The average Bonchev–Trinajstić information content (AvgIpc) is 2.89. The van der Waals surface area contributed by atoms with Gasteiger partial charge in [0, 0.05) is 13.0 Å². The van der Waals surface area contributed by atoms with Crippen molar-refractivity contribution in [2.75, 3.05) is 19.8 Å². The summed E-state index contributed by atoms with van der Waals surface area (Å²) in [7, 11) is 0. The van der Waals surface area contributed by atoms with Crippen LogP contribution in [0.4, 0.5) is 0 Å². The van der Waals surface area contributed by atoms with Gasteiger partial charge in [-0.1, -0.05) is 32.6 Å². The summed E-state index contributed by atoms with van der Waals surface area (Å²) in [5.74, 6) is -1.40. The van der Waals surface area contributed by atoms with Crippen LogP contribution in [0.1, 0.15) is 52.4 Å². The molecule has 1 N–H and O–H groups in total. The first-order chi connectivity index (χ1) is 9.61. The van der Waals surface area contributed by atoms with E-state index >= 15 is 0 Å². The van der Waals surface area contributed by atoms with Crippen molar-refractivity contribution < 1.29 is 19.4 Å². The summed E-state index contributed by atoms with van der Waals surface area (Å²) in [6.07, 6.45) is 6.04. The summed E-state index contributed by atoms with van der Waals surface area (Å²) in [4.78, 5) is 25.1. The third-order valence-electron chi connectivity index (χ3n) is 3.92. The van der Waals surface area contributed by atoms with E-state index in [1.807, 2.05) is 6.92 Å². The van der Waals surface area contributed by atoms with Crippen molar-refractivity contribution in [1.29, 1.82) is 0 Å². The van der Waals surface area contributed by atoms with Crippen LogP contribution in [0.3, 0.4) is 0 Å². The molecule has 0 aliphatic carbocycles. The number of carboxylic acid groups (broad SMARTS) is 1. The Hall–Kier alpha value is -1.10. The number of aliphatic carboxylic acids is 1. The number of carbonyl (C=O) groups excluding carboxylic acids is 1. The molecule has 0 aromatic carbocycles. The number of carbonyl (C=O) groups is 2. The quantitative estimate of drug-likeness (QED) is 0.660. The van der Waals surface area contributed by atoms with Gasteiger partial charge in [-0.3, -0.25) is 9.59 Å². The van der Waals surface area contributed by atoms with E-state index in [1.54, 1.807) is 4.90 Å². The van der Waals surface area contributed by atoms with Gasteiger partial charge in [-0.25, -0.2) is 0 Å². The van der Waals surface area contributed by atoms with E-state index < -0.39 is 11.9 Å². The van der Waals surface area contributed by atoms with Crippen LogP contribution < -0.4 is 0 Å². The molecule has 0 saturated carbocycles. The Bertz CT molecular complexity index is 319. The normalized spacial score (nSPS) is 21.9. The molecule has 0 aromatic heterocycles. The van der Waals surface area contributed by atoms with Gasteiger partial charge in [0.1, 0.15) is 5.92 Å². The van der Waals surface area contributed by atoms with Gasteiger partial charge in [0.15, 0.2) is 0 Å². The van der Waals surface area contributed by atoms with E-state index in [2.05, 4.69) is 6.92 Å². The minimum absolute atomic E-state index is 0.0609. The third-order valence-corrected chi connectivity index (χ3v) is 3.92. The number of hydrogen-bond donors (Lipinski definition) is 1. The molecule has 1 amide bonds. The fraction of sp³-hybridized carbons (Fsp3) is 0.867. The number of unbranched alkanes of at least 4 members (excludes halogenated alkanes) is 4. The monoisotopic (exact) mass is 285 g/mol. The number of amides is 1. The summed E-state index contributed by atoms with van der Waals surface area (Å²) >= 11 is 0. The molecular formula is C15H27NO4. The molecule has 2 atom stereocenters. The number of hydrogen-bond acceptors (Lipinski definition) is 3. The summed E-state index contributed by atoms with van der Waals surface area (Å²) in [6, 6.07) is -0.305. The Kier molecular flexibility index (Phi) is 7.59. The minimum Gasteiger partial charge on any atom is -0.481 e. The van der Waals surface area contributed by atoms with Crippen molar-refractivity contribution in [3.63, 3.8) is 0 Å². The highest BCUT2D eigenvalue weighted by molar-refractivity contribution is 5.78. The Morgan fingerprint density at radius 1 is 1.15 bits per heavy atom. The maximum absolute atomic E-state index is 12.2. The molecular weight excluding hydrogens is 258 g/mol. The molecule has 0 radical (unpaired) electrons. The maximum atomic E-state index is 12.2. The van der Waals surface area contributed by atoms with E-state index in [4.69, 9.17) is 9.84 Å². The second kappa shape index (κ2) is 8.95. The highest BCUT2D eigenvalue weighted by atomic mass is 16.5. The van der Waals surface area contributed by atoms with Crippen molar-refractivity contribution >= 4 is 11.9 Å². The molecule has 20 heavy (non-hydrogen) atoms. The molecule has 1 heterocycles. The lowest BCUT2D eigenvalue weighted by molar-refractivity contribution is -0.145. The SMILES string of the molecule is CCCCCCCC(=O)N(CC)C1COCC1C(=O)O. The molecule has 1 rings (SSSR count). The molecule has 1 fully saturated rings. The van der Waals surface area contributed by atoms with E-state index in [9.17, 15) is 9.59 Å². The second-order valence-electron chi connectivity index (χ2n) is 5.39. The Morgan fingerprint density at radius 3 is 2.45 bits per heavy atom. The van der Waals surface area contributed by atoms with Gasteiger partial charge in [-0.2, -0.15) is 0 Å². The van der Waals surface area contributed by atoms with Crippen molar-refractivity contribution in [3.8, 4) is 0 Å². The number of ether oxygens (including phenoxy) is 1. The van der Waals surface area contributed by atoms with Crippen molar-refractivity contribution in [3.05, 3.63) is 0 Å². The Labute approximate surface area is 121 Å². The van der Waals surface area contributed by atoms with Crippen molar-refractivity contribution in [2.45, 2.75) is 58.4 Å². The number of likely N-dealkylation sites (N-methyl/N-ethyl adjacent to an activating group) is 1. The molecule has 1 saturated heterocycles. The fourth-order valence-corrected chi connectivity index (χ4v) is 2.71. The standard InChI is InChI=1S/C15H27NO4/c1-3-5-6-7-8-9-14(17)16(4-2)13-11-20-10-12(13)15(18)19/h12-13H,3-11H2,1-2H3,(H,18,19). The van der Waals surface area contributed by atoms with Crippen LogP contribution in [0.2, 0.25) is 0 Å². The van der Waals surface area contributed by atoms with Gasteiger partial charge in [0.2, 0.25) is 5.91 Å². The van der Waals surface area contributed by atoms with Gasteiger partial charge in [0.25, 0.3) is 0 Å². The summed E-state index contributed by atoms with van der Waals surface area (Å²) in [6.45, 7) is 5.15. The largest absolute Gasteiger partial charge is 0.481 e. The van der Waals surface area contributed by atoms with Gasteiger partial charge < -0.3 is 14.7 Å². The molecule has 1 aliphatic heterocycles. The van der Waals surface area contributed by atoms with Crippen LogP contribution in [-0.4, -0.2) is 47.7 Å². The third kappa shape index (κ3) is 4.78. The van der Waals surface area contributed by atoms with Gasteiger partial charge in [0.05, 0.1) is 19.3 Å². The highest BCUT2D eigenvalue weighted by Gasteiger charge is 2.39. The van der Waals surface area contributed by atoms with Crippen LogP contribution in [-0.2, 0) is 14.3 Å². The van der Waals surface area contributed by atoms with Gasteiger partial charge >= 0.3 is 5.97 Å². The summed E-state index contributed by atoms with van der Waals surface area (Å²) < 4.78 is 5.25. The lowest BCUT2D eigenvalue weighted by Crippen LogP contribution is -2.46. The average molecular weight is 285 g/mol. The van der Waals surface area contributed by atoms with Gasteiger partial charge in [-0.05, 0) is 13.3 Å². The summed E-state index contributed by atoms with van der Waals surface area (Å²) in [5.41, 5.74) is 0. The van der Waals surface area contributed by atoms with Crippen LogP contribution in [0.5, 0.6) is 0 Å². The van der Waals surface area contributed by atoms with Crippen molar-refractivity contribution in [2.24, 2.45) is 5.92 Å². The van der Waals surface area contributed by atoms with Crippen LogP contribution in [0.15, 0.2) is 0 Å². The first-order valence-corrected chi connectivity index (χ1v) is 7.71. The minimum atomic E-state index is -0.873. The first-order valence-electron chi connectivity index (χ1n) is 7.71. The molecule has 0 bridgehead atoms. The van der Waals surface area contributed by atoms with E-state index in [-0.39, 0.29) is 18.6 Å². The molecule has 1 aliphatic rings. The molecule has 5 nitrogen and oxygen atoms in total. The molecule has 2 unspecified atom stereocenters. The van der Waals surface area contributed by atoms with Crippen LogP contribution in [0, 0.1) is 5.92 Å². The predicted molar refractivity (Wildman–Crippen MR) is 76.5 cm³/mol. The molecule has 5 heteroatoms. The molecule has 0 spiro atoms. The zero-order valence-electron chi connectivity index (χ0n) is 12.6. The maximum Gasteiger partial charge on any atom is 0.311 e. The number of nitrogens with zero attached hydrogens (tertiary/aromatic N) is 1. The topological polar surface area (TPSA) is 66.8 Å². The fourth-order valence-electron chi connectivity index (χ4n) is 2.71. The lowest BCUT2D eigenvalue weighted by atomic mass is 10.0.